The predicted octanol–water partition coefficient (Wildman–Crippen LogP) is 3.66. The van der Waals surface area contributed by atoms with E-state index in [9.17, 15) is 17.6 Å². The van der Waals surface area contributed by atoms with Crippen LogP contribution in [0.3, 0.4) is 0 Å². The van der Waals surface area contributed by atoms with Crippen molar-refractivity contribution in [2.45, 2.75) is 69.5 Å². The molecule has 4 rings (SSSR count). The van der Waals surface area contributed by atoms with Crippen LogP contribution in [0.5, 0.6) is 0 Å². The molecule has 1 amide bonds. The Labute approximate surface area is 193 Å². The van der Waals surface area contributed by atoms with Gasteiger partial charge in [-0.15, -0.1) is 0 Å². The number of hydrogen-bond acceptors (Lipinski definition) is 5. The molecule has 2 heterocycles. The van der Waals surface area contributed by atoms with E-state index in [0.29, 0.717) is 24.3 Å². The third-order valence-corrected chi connectivity index (χ3v) is 7.74. The van der Waals surface area contributed by atoms with Crippen molar-refractivity contribution in [1.82, 2.24) is 24.1 Å². The molecular formula is C23H30FN5O3S. The lowest BCUT2D eigenvalue weighted by atomic mass is 9.87. The van der Waals surface area contributed by atoms with Gasteiger partial charge in [0.1, 0.15) is 12.0 Å². The lowest BCUT2D eigenvalue weighted by Crippen LogP contribution is -2.24. The lowest BCUT2D eigenvalue weighted by Gasteiger charge is -2.27. The van der Waals surface area contributed by atoms with Gasteiger partial charge in [0.25, 0.3) is 15.9 Å². The molecule has 1 aliphatic rings. The van der Waals surface area contributed by atoms with Gasteiger partial charge in [-0.1, -0.05) is 20.8 Å². The Morgan fingerprint density at radius 1 is 1.21 bits per heavy atom. The Bertz CT molecular complexity index is 1280. The summed E-state index contributed by atoms with van der Waals surface area (Å²) in [5.41, 5.74) is 1.34. The molecule has 178 valence electrons. The molecule has 8 nitrogen and oxygen atoms in total. The number of nitrogens with zero attached hydrogens (tertiary/aromatic N) is 4. The topological polar surface area (TPSA) is 98.9 Å². The minimum Gasteiger partial charge on any atom is -0.355 e. The quantitative estimate of drug-likeness (QED) is 0.607. The number of rotatable bonds is 5. The van der Waals surface area contributed by atoms with Crippen molar-refractivity contribution in [1.29, 1.82) is 0 Å². The first-order valence-corrected chi connectivity index (χ1v) is 12.6. The molecular weight excluding hydrogens is 445 g/mol. The molecule has 0 radical (unpaired) electrons. The van der Waals surface area contributed by atoms with E-state index in [-0.39, 0.29) is 15.9 Å². The van der Waals surface area contributed by atoms with Crippen LogP contribution in [-0.4, -0.2) is 46.3 Å². The van der Waals surface area contributed by atoms with Crippen LogP contribution >= 0.6 is 0 Å². The summed E-state index contributed by atoms with van der Waals surface area (Å²) >= 11 is 0. The van der Waals surface area contributed by atoms with Crippen LogP contribution < -0.4 is 5.32 Å². The summed E-state index contributed by atoms with van der Waals surface area (Å²) < 4.78 is 42.8. The van der Waals surface area contributed by atoms with E-state index in [4.69, 9.17) is 4.98 Å². The first-order chi connectivity index (χ1) is 15.5. The van der Waals surface area contributed by atoms with Crippen molar-refractivity contribution >= 4 is 27.0 Å². The molecule has 1 fully saturated rings. The van der Waals surface area contributed by atoms with Crippen LogP contribution in [0.25, 0.3) is 11.0 Å². The number of alkyl halides is 1. The Kier molecular flexibility index (Phi) is 6.07. The molecule has 1 N–H and O–H groups in total. The van der Waals surface area contributed by atoms with Gasteiger partial charge in [-0.05, 0) is 49.8 Å². The third kappa shape index (κ3) is 4.53. The molecule has 3 aromatic rings. The Balaban J connectivity index is 1.73. The summed E-state index contributed by atoms with van der Waals surface area (Å²) in [5, 5.41) is 6.32. The number of carbonyl (C=O) groups is 1. The Morgan fingerprint density at radius 2 is 1.91 bits per heavy atom. The summed E-state index contributed by atoms with van der Waals surface area (Å²) in [7, 11) is -2.52. The third-order valence-electron chi connectivity index (χ3n) is 6.20. The first kappa shape index (κ1) is 23.4. The van der Waals surface area contributed by atoms with Gasteiger partial charge in [0.15, 0.2) is 0 Å². The van der Waals surface area contributed by atoms with E-state index in [1.807, 2.05) is 0 Å². The molecule has 0 atom stereocenters. The molecule has 0 saturated heterocycles. The number of hydrogen-bond donors (Lipinski definition) is 1. The van der Waals surface area contributed by atoms with E-state index in [1.54, 1.807) is 18.2 Å². The van der Waals surface area contributed by atoms with Gasteiger partial charge in [-0.25, -0.2) is 9.37 Å². The SMILES string of the molecule is CNC(=O)c1cnn(S(=O)(=O)c2ccc3c(c2)nc(C(C)(C)C)n3CC2CCC(F)CC2)c1. The Hall–Kier alpha value is -2.75. The highest BCUT2D eigenvalue weighted by atomic mass is 32.2. The second-order valence-electron chi connectivity index (χ2n) is 9.75. The molecule has 1 aliphatic carbocycles. The van der Waals surface area contributed by atoms with Crippen LogP contribution in [-0.2, 0) is 22.0 Å². The maximum Gasteiger partial charge on any atom is 0.283 e. The standard InChI is InChI=1S/C23H30FN5O3S/c1-23(2,3)22-27-19-11-18(33(31,32)29-14-16(12-26-29)21(30)25-4)9-10-20(19)28(22)13-15-5-7-17(24)8-6-15/h9-12,14-15,17H,5-8,13H2,1-4H3,(H,25,30). The highest BCUT2D eigenvalue weighted by Gasteiger charge is 2.28. The van der Waals surface area contributed by atoms with Crippen LogP contribution in [0.1, 0.15) is 62.6 Å². The van der Waals surface area contributed by atoms with Crippen molar-refractivity contribution in [3.63, 3.8) is 0 Å². The maximum absolute atomic E-state index is 13.6. The summed E-state index contributed by atoms with van der Waals surface area (Å²) in [4.78, 5) is 16.6. The van der Waals surface area contributed by atoms with Crippen molar-refractivity contribution in [3.05, 3.63) is 42.0 Å². The van der Waals surface area contributed by atoms with Crippen molar-refractivity contribution in [2.75, 3.05) is 7.05 Å². The zero-order chi connectivity index (χ0) is 24.0. The van der Waals surface area contributed by atoms with Gasteiger partial charge in [0.05, 0.1) is 33.9 Å². The molecule has 0 bridgehead atoms. The second kappa shape index (κ2) is 8.55. The average Bonchev–Trinajstić information content (AvgIpc) is 3.40. The van der Waals surface area contributed by atoms with Gasteiger partial charge < -0.3 is 9.88 Å². The van der Waals surface area contributed by atoms with Crippen LogP contribution in [0.4, 0.5) is 4.39 Å². The van der Waals surface area contributed by atoms with Gasteiger partial charge >= 0.3 is 0 Å². The summed E-state index contributed by atoms with van der Waals surface area (Å²) in [6.07, 6.45) is 4.56. The fourth-order valence-electron chi connectivity index (χ4n) is 4.40. The number of aromatic nitrogens is 4. The average molecular weight is 476 g/mol. The first-order valence-electron chi connectivity index (χ1n) is 11.2. The molecule has 10 heteroatoms. The lowest BCUT2D eigenvalue weighted by molar-refractivity contribution is 0.0963. The van der Waals surface area contributed by atoms with Crippen molar-refractivity contribution in [3.8, 4) is 0 Å². The molecule has 1 aromatic carbocycles. The normalized spacial score (nSPS) is 19.7. The fraction of sp³-hybridized carbons (Fsp3) is 0.522. The largest absolute Gasteiger partial charge is 0.355 e. The minimum absolute atomic E-state index is 0.0459. The number of carbonyl (C=O) groups excluding carboxylic acids is 1. The second-order valence-corrected chi connectivity index (χ2v) is 11.5. The predicted molar refractivity (Wildman–Crippen MR) is 123 cm³/mol. The van der Waals surface area contributed by atoms with E-state index < -0.39 is 22.1 Å². The Morgan fingerprint density at radius 3 is 2.55 bits per heavy atom. The maximum atomic E-state index is 13.6. The molecule has 33 heavy (non-hydrogen) atoms. The zero-order valence-electron chi connectivity index (χ0n) is 19.4. The van der Waals surface area contributed by atoms with Crippen molar-refractivity contribution < 1.29 is 17.6 Å². The van der Waals surface area contributed by atoms with Crippen LogP contribution in [0.2, 0.25) is 0 Å². The van der Waals surface area contributed by atoms with E-state index in [0.717, 1.165) is 34.8 Å². The van der Waals surface area contributed by atoms with Gasteiger partial charge in [0, 0.05) is 19.0 Å². The summed E-state index contributed by atoms with van der Waals surface area (Å²) in [6.45, 7) is 6.96. The summed E-state index contributed by atoms with van der Waals surface area (Å²) in [5.74, 6) is 0.823. The molecule has 0 spiro atoms. The number of fused-ring (bicyclic) bond motifs is 1. The number of halogens is 1. The van der Waals surface area contributed by atoms with Crippen molar-refractivity contribution in [2.24, 2.45) is 5.92 Å². The number of nitrogens with one attached hydrogen (secondary N) is 1. The molecule has 0 aliphatic heterocycles. The zero-order valence-corrected chi connectivity index (χ0v) is 20.2. The highest BCUT2D eigenvalue weighted by molar-refractivity contribution is 7.89. The van der Waals surface area contributed by atoms with Gasteiger partial charge in [0.2, 0.25) is 0 Å². The van der Waals surface area contributed by atoms with Gasteiger partial charge in [-0.2, -0.15) is 17.6 Å². The molecule has 1 saturated carbocycles. The summed E-state index contributed by atoms with van der Waals surface area (Å²) in [6, 6.07) is 4.87. The molecule has 2 aromatic heterocycles. The monoisotopic (exact) mass is 475 g/mol. The number of imidazole rings is 1. The minimum atomic E-state index is -3.99. The molecule has 0 unspecified atom stereocenters. The number of amides is 1. The smallest absolute Gasteiger partial charge is 0.283 e. The van der Waals surface area contributed by atoms with Crippen LogP contribution in [0, 0.1) is 5.92 Å². The highest BCUT2D eigenvalue weighted by Crippen LogP contribution is 2.33. The van der Waals surface area contributed by atoms with Crippen LogP contribution in [0.15, 0.2) is 35.5 Å². The van der Waals surface area contributed by atoms with E-state index >= 15 is 0 Å². The van der Waals surface area contributed by atoms with E-state index in [1.165, 1.54) is 19.4 Å². The number of benzene rings is 1. The van der Waals surface area contributed by atoms with E-state index in [2.05, 4.69) is 35.8 Å². The van der Waals surface area contributed by atoms with Gasteiger partial charge in [-0.3, -0.25) is 4.79 Å². The fourth-order valence-corrected chi connectivity index (χ4v) is 5.54.